The van der Waals surface area contributed by atoms with Crippen LogP contribution in [0.2, 0.25) is 0 Å². The number of benzene rings is 2. The predicted octanol–water partition coefficient (Wildman–Crippen LogP) is 4.75. The van der Waals surface area contributed by atoms with Gasteiger partial charge in [-0.2, -0.15) is 0 Å². The second-order valence-corrected chi connectivity index (χ2v) is 5.98. The normalized spacial score (nSPS) is 12.2. The highest BCUT2D eigenvalue weighted by Crippen LogP contribution is 2.28. The third-order valence-corrected chi connectivity index (χ3v) is 3.98. The minimum atomic E-state index is 0.367. The summed E-state index contributed by atoms with van der Waals surface area (Å²) in [4.78, 5) is 0. The van der Waals surface area contributed by atoms with Gasteiger partial charge in [-0.1, -0.05) is 35.9 Å². The van der Waals surface area contributed by atoms with Crippen LogP contribution in [0.3, 0.4) is 0 Å². The van der Waals surface area contributed by atoms with E-state index in [4.69, 9.17) is 0 Å². The van der Waals surface area contributed by atoms with E-state index in [0.717, 1.165) is 29.7 Å². The fraction of sp³-hybridized carbons (Fsp3) is 0.368. The van der Waals surface area contributed by atoms with E-state index in [2.05, 4.69) is 43.4 Å². The van der Waals surface area contributed by atoms with E-state index in [-0.39, 0.29) is 0 Å². The predicted molar refractivity (Wildman–Crippen MR) is 90.2 cm³/mol. The molecule has 0 bridgehead atoms. The fourth-order valence-corrected chi connectivity index (χ4v) is 2.58. The fourth-order valence-electron chi connectivity index (χ4n) is 2.58. The molecule has 0 radical (unpaired) electrons. The maximum absolute atomic E-state index is 10.00. The molecule has 21 heavy (non-hydrogen) atoms. The van der Waals surface area contributed by atoms with E-state index in [1.807, 2.05) is 26.0 Å². The molecule has 2 nitrogen and oxygen atoms in total. The largest absolute Gasteiger partial charge is 0.507 e. The molecule has 0 saturated heterocycles. The number of hydrogen-bond donors (Lipinski definition) is 2. The molecule has 112 valence electrons. The Kier molecular flexibility index (Phi) is 4.89. The van der Waals surface area contributed by atoms with Crippen LogP contribution in [-0.4, -0.2) is 11.1 Å². The smallest absolute Gasteiger partial charge is 0.123 e. The Morgan fingerprint density at radius 3 is 2.57 bits per heavy atom. The van der Waals surface area contributed by atoms with Crippen molar-refractivity contribution in [3.05, 3.63) is 58.7 Å². The Balaban J connectivity index is 1.96. The Morgan fingerprint density at radius 1 is 1.10 bits per heavy atom. The molecule has 0 heterocycles. The molecule has 2 N–H and O–H groups in total. The molecule has 0 spiro atoms. The van der Waals surface area contributed by atoms with Gasteiger partial charge >= 0.3 is 0 Å². The van der Waals surface area contributed by atoms with Crippen molar-refractivity contribution in [2.75, 3.05) is 5.32 Å². The molecule has 0 fully saturated rings. The lowest BCUT2D eigenvalue weighted by molar-refractivity contribution is 0.467. The highest BCUT2D eigenvalue weighted by Gasteiger charge is 2.09. The summed E-state index contributed by atoms with van der Waals surface area (Å²) in [7, 11) is 0. The van der Waals surface area contributed by atoms with Gasteiger partial charge in [0.05, 0.1) is 0 Å². The molecule has 2 aromatic carbocycles. The first-order chi connectivity index (χ1) is 9.97. The van der Waals surface area contributed by atoms with E-state index in [9.17, 15) is 5.11 Å². The third-order valence-electron chi connectivity index (χ3n) is 3.98. The van der Waals surface area contributed by atoms with Crippen LogP contribution in [-0.2, 0) is 6.42 Å². The summed E-state index contributed by atoms with van der Waals surface area (Å²) in [6, 6.07) is 13.0. The van der Waals surface area contributed by atoms with Gasteiger partial charge in [-0.3, -0.25) is 0 Å². The number of anilines is 1. The highest BCUT2D eigenvalue weighted by atomic mass is 16.3. The van der Waals surface area contributed by atoms with Crippen LogP contribution in [0.15, 0.2) is 36.4 Å². The van der Waals surface area contributed by atoms with Gasteiger partial charge in [-0.05, 0) is 57.7 Å². The van der Waals surface area contributed by atoms with E-state index in [0.29, 0.717) is 11.8 Å². The minimum absolute atomic E-state index is 0.367. The SMILES string of the molecule is Cc1cccc(CCC(C)Nc2ccc(C)c(O)c2C)c1. The van der Waals surface area contributed by atoms with Gasteiger partial charge in [0.2, 0.25) is 0 Å². The first-order valence-corrected chi connectivity index (χ1v) is 7.58. The van der Waals surface area contributed by atoms with Crippen LogP contribution < -0.4 is 5.32 Å². The summed E-state index contributed by atoms with van der Waals surface area (Å²) in [6.45, 7) is 8.20. The zero-order valence-corrected chi connectivity index (χ0v) is 13.4. The van der Waals surface area contributed by atoms with E-state index >= 15 is 0 Å². The Morgan fingerprint density at radius 2 is 1.86 bits per heavy atom. The van der Waals surface area contributed by atoms with Gasteiger partial charge in [0.25, 0.3) is 0 Å². The number of aromatic hydroxyl groups is 1. The first-order valence-electron chi connectivity index (χ1n) is 7.58. The van der Waals surface area contributed by atoms with Gasteiger partial charge in [0.1, 0.15) is 5.75 Å². The topological polar surface area (TPSA) is 32.3 Å². The van der Waals surface area contributed by atoms with Crippen LogP contribution in [0.4, 0.5) is 5.69 Å². The minimum Gasteiger partial charge on any atom is -0.507 e. The van der Waals surface area contributed by atoms with Crippen molar-refractivity contribution in [3.8, 4) is 5.75 Å². The Hall–Kier alpha value is -1.96. The second kappa shape index (κ2) is 6.66. The van der Waals surface area contributed by atoms with Crippen molar-refractivity contribution >= 4 is 5.69 Å². The summed E-state index contributed by atoms with van der Waals surface area (Å²) in [5.74, 6) is 0.394. The van der Waals surface area contributed by atoms with Crippen LogP contribution in [0.5, 0.6) is 5.75 Å². The number of hydrogen-bond acceptors (Lipinski definition) is 2. The van der Waals surface area contributed by atoms with E-state index in [1.165, 1.54) is 11.1 Å². The van der Waals surface area contributed by atoms with Gasteiger partial charge in [-0.15, -0.1) is 0 Å². The van der Waals surface area contributed by atoms with Crippen molar-refractivity contribution < 1.29 is 5.11 Å². The van der Waals surface area contributed by atoms with Gasteiger partial charge in [0.15, 0.2) is 0 Å². The molecule has 2 heteroatoms. The maximum Gasteiger partial charge on any atom is 0.123 e. The molecule has 0 aliphatic carbocycles. The number of rotatable bonds is 5. The Labute approximate surface area is 127 Å². The summed E-state index contributed by atoms with van der Waals surface area (Å²) in [5.41, 5.74) is 5.57. The molecule has 1 atom stereocenters. The van der Waals surface area contributed by atoms with Crippen molar-refractivity contribution in [2.45, 2.75) is 46.6 Å². The molecule has 0 saturated carbocycles. The first kappa shape index (κ1) is 15.4. The molecule has 0 amide bonds. The lowest BCUT2D eigenvalue weighted by Gasteiger charge is -2.18. The Bertz CT molecular complexity index is 619. The van der Waals surface area contributed by atoms with E-state index in [1.54, 1.807) is 0 Å². The lowest BCUT2D eigenvalue weighted by Crippen LogP contribution is -2.16. The summed E-state index contributed by atoms with van der Waals surface area (Å²) >= 11 is 0. The third kappa shape index (κ3) is 4.01. The van der Waals surface area contributed by atoms with Gasteiger partial charge in [-0.25, -0.2) is 0 Å². The second-order valence-electron chi connectivity index (χ2n) is 5.98. The molecular weight excluding hydrogens is 258 g/mol. The number of aryl methyl sites for hydroxylation is 3. The van der Waals surface area contributed by atoms with Crippen molar-refractivity contribution in [1.82, 2.24) is 0 Å². The van der Waals surface area contributed by atoms with Crippen LogP contribution in [0, 0.1) is 20.8 Å². The maximum atomic E-state index is 10.00. The lowest BCUT2D eigenvalue weighted by atomic mass is 10.0. The van der Waals surface area contributed by atoms with Crippen molar-refractivity contribution in [3.63, 3.8) is 0 Å². The monoisotopic (exact) mass is 283 g/mol. The number of phenols is 1. The molecule has 2 aromatic rings. The van der Waals surface area contributed by atoms with Gasteiger partial charge < -0.3 is 10.4 Å². The van der Waals surface area contributed by atoms with Gasteiger partial charge in [0, 0.05) is 17.3 Å². The average Bonchev–Trinajstić information content (AvgIpc) is 2.46. The van der Waals surface area contributed by atoms with E-state index < -0.39 is 0 Å². The zero-order chi connectivity index (χ0) is 15.4. The molecule has 0 aliphatic rings. The molecule has 1 unspecified atom stereocenters. The van der Waals surface area contributed by atoms with Crippen LogP contribution in [0.25, 0.3) is 0 Å². The number of phenolic OH excluding ortho intramolecular Hbond substituents is 1. The zero-order valence-electron chi connectivity index (χ0n) is 13.4. The molecule has 2 rings (SSSR count). The summed E-state index contributed by atoms with van der Waals surface area (Å²) in [5, 5.41) is 13.5. The average molecular weight is 283 g/mol. The number of nitrogens with one attached hydrogen (secondary N) is 1. The molecular formula is C19H25NO. The summed E-state index contributed by atoms with van der Waals surface area (Å²) < 4.78 is 0. The summed E-state index contributed by atoms with van der Waals surface area (Å²) in [6.07, 6.45) is 2.13. The van der Waals surface area contributed by atoms with Crippen molar-refractivity contribution in [2.24, 2.45) is 0 Å². The molecule has 0 aliphatic heterocycles. The van der Waals surface area contributed by atoms with Crippen LogP contribution >= 0.6 is 0 Å². The van der Waals surface area contributed by atoms with Crippen LogP contribution in [0.1, 0.15) is 35.6 Å². The van der Waals surface area contributed by atoms with Crippen molar-refractivity contribution in [1.29, 1.82) is 0 Å². The molecule has 0 aromatic heterocycles. The standard InChI is InChI=1S/C19H25NO/c1-13-6-5-7-17(12-13)10-9-15(3)20-18-11-8-14(2)19(21)16(18)4/h5-8,11-12,15,20-21H,9-10H2,1-4H3. The quantitative estimate of drug-likeness (QED) is 0.830. The highest BCUT2D eigenvalue weighted by molar-refractivity contribution is 5.59.